The Balaban J connectivity index is 1.89. The second kappa shape index (κ2) is 7.59. The maximum atomic E-state index is 12.3. The number of ketones is 1. The van der Waals surface area contributed by atoms with Gasteiger partial charge in [0, 0.05) is 44.2 Å². The van der Waals surface area contributed by atoms with E-state index in [4.69, 9.17) is 23.2 Å². The van der Waals surface area contributed by atoms with Gasteiger partial charge >= 0.3 is 0 Å². The number of carbonyl (C=O) groups excluding carboxylic acids is 1. The van der Waals surface area contributed by atoms with Gasteiger partial charge in [0.2, 0.25) is 0 Å². The number of carbonyl (C=O) groups is 1. The van der Waals surface area contributed by atoms with Crippen molar-refractivity contribution in [3.8, 4) is 0 Å². The molecule has 21 heavy (non-hydrogen) atoms. The van der Waals surface area contributed by atoms with Crippen LogP contribution in [0.5, 0.6) is 0 Å². The molecule has 1 unspecified atom stereocenters. The first-order valence-corrected chi connectivity index (χ1v) is 8.22. The zero-order chi connectivity index (χ0) is 15.4. The van der Waals surface area contributed by atoms with Gasteiger partial charge in [-0.05, 0) is 25.6 Å². The third-order valence-electron chi connectivity index (χ3n) is 4.16. The van der Waals surface area contributed by atoms with Crippen LogP contribution in [0.4, 0.5) is 0 Å². The number of benzene rings is 1. The molecule has 1 atom stereocenters. The normalized spacial score (nSPS) is 20.7. The van der Waals surface area contributed by atoms with E-state index in [1.165, 1.54) is 0 Å². The molecule has 2 rings (SSSR count). The molecular weight excluding hydrogens is 307 g/mol. The summed E-state index contributed by atoms with van der Waals surface area (Å²) in [6, 6.07) is 5.76. The molecule has 0 spiro atoms. The van der Waals surface area contributed by atoms with E-state index in [1.807, 2.05) is 0 Å². The Morgan fingerprint density at radius 3 is 2.76 bits per heavy atom. The highest BCUT2D eigenvalue weighted by Gasteiger charge is 2.23. The maximum absolute atomic E-state index is 12.3. The van der Waals surface area contributed by atoms with Crippen LogP contribution in [0.25, 0.3) is 0 Å². The molecule has 1 saturated heterocycles. The van der Waals surface area contributed by atoms with Crippen molar-refractivity contribution in [3.63, 3.8) is 0 Å². The lowest BCUT2D eigenvalue weighted by Crippen LogP contribution is -2.51. The number of Topliss-reactive ketones (excluding diaryl/α,β-unsaturated/α-hetero) is 1. The monoisotopic (exact) mass is 328 g/mol. The number of hydrogen-bond donors (Lipinski definition) is 0. The van der Waals surface area contributed by atoms with E-state index < -0.39 is 0 Å². The van der Waals surface area contributed by atoms with Crippen molar-refractivity contribution < 1.29 is 4.79 Å². The predicted molar refractivity (Wildman–Crippen MR) is 88.6 cm³/mol. The van der Waals surface area contributed by atoms with Gasteiger partial charge in [0.05, 0.1) is 10.0 Å². The lowest BCUT2D eigenvalue weighted by molar-refractivity contribution is 0.0796. The van der Waals surface area contributed by atoms with Crippen LogP contribution in [-0.4, -0.2) is 54.3 Å². The smallest absolute Gasteiger partial charge is 0.165 e. The Morgan fingerprint density at radius 2 is 2.10 bits per heavy atom. The predicted octanol–water partition coefficient (Wildman–Crippen LogP) is 3.59. The summed E-state index contributed by atoms with van der Waals surface area (Å²) in [5.41, 5.74) is 0.532. The quantitative estimate of drug-likeness (QED) is 0.771. The number of hydrogen-bond acceptors (Lipinski definition) is 3. The highest BCUT2D eigenvalue weighted by atomic mass is 35.5. The van der Waals surface area contributed by atoms with E-state index in [9.17, 15) is 4.79 Å². The Bertz CT molecular complexity index is 507. The largest absolute Gasteiger partial charge is 0.300 e. The number of halogens is 2. The fourth-order valence-corrected chi connectivity index (χ4v) is 3.26. The van der Waals surface area contributed by atoms with Crippen LogP contribution in [0.15, 0.2) is 18.2 Å². The Morgan fingerprint density at radius 1 is 1.33 bits per heavy atom. The van der Waals surface area contributed by atoms with Crippen LogP contribution in [0.3, 0.4) is 0 Å². The molecule has 0 N–H and O–H groups in total. The third kappa shape index (κ3) is 4.19. The molecule has 1 aliphatic heterocycles. The van der Waals surface area contributed by atoms with Gasteiger partial charge in [0.15, 0.2) is 5.78 Å². The lowest BCUT2D eigenvalue weighted by atomic mass is 10.1. The molecule has 0 bridgehead atoms. The van der Waals surface area contributed by atoms with E-state index in [2.05, 4.69) is 23.6 Å². The molecule has 1 aromatic rings. The summed E-state index contributed by atoms with van der Waals surface area (Å²) >= 11 is 12.1. The molecule has 3 nitrogen and oxygen atoms in total. The summed E-state index contributed by atoms with van der Waals surface area (Å²) in [5, 5.41) is 0.807. The average Bonchev–Trinajstić information content (AvgIpc) is 2.47. The third-order valence-corrected chi connectivity index (χ3v) is 4.98. The Kier molecular flexibility index (Phi) is 6.06. The van der Waals surface area contributed by atoms with Gasteiger partial charge < -0.3 is 4.90 Å². The molecule has 0 radical (unpaired) electrons. The van der Waals surface area contributed by atoms with Gasteiger partial charge in [-0.15, -0.1) is 0 Å². The summed E-state index contributed by atoms with van der Waals surface area (Å²) in [6.07, 6.45) is 0.485. The number of nitrogens with zero attached hydrogens (tertiary/aromatic N) is 2. The molecule has 0 aromatic heterocycles. The minimum Gasteiger partial charge on any atom is -0.300 e. The Hall–Kier alpha value is -0.610. The molecule has 1 heterocycles. The standard InChI is InChI=1S/C16H22Cl2N2O/c1-3-20-10-9-19(11-12(20)2)8-7-15(21)13-5-4-6-14(17)16(13)18/h4-6,12H,3,7-11H2,1-2H3. The summed E-state index contributed by atoms with van der Waals surface area (Å²) in [6.45, 7) is 9.42. The first-order valence-electron chi connectivity index (χ1n) is 7.46. The highest BCUT2D eigenvalue weighted by molar-refractivity contribution is 6.43. The van der Waals surface area contributed by atoms with Crippen LogP contribution in [0, 0.1) is 0 Å². The topological polar surface area (TPSA) is 23.6 Å². The van der Waals surface area contributed by atoms with Crippen LogP contribution in [0.2, 0.25) is 10.0 Å². The van der Waals surface area contributed by atoms with E-state index in [0.717, 1.165) is 32.7 Å². The van der Waals surface area contributed by atoms with Crippen LogP contribution in [-0.2, 0) is 0 Å². The minimum atomic E-state index is 0.0630. The van der Waals surface area contributed by atoms with E-state index >= 15 is 0 Å². The van der Waals surface area contributed by atoms with Crippen molar-refractivity contribution >= 4 is 29.0 Å². The van der Waals surface area contributed by atoms with Crippen molar-refractivity contribution in [2.24, 2.45) is 0 Å². The van der Waals surface area contributed by atoms with Gasteiger partial charge in [-0.1, -0.05) is 36.2 Å². The average molecular weight is 329 g/mol. The molecule has 1 aliphatic rings. The summed E-state index contributed by atoms with van der Waals surface area (Å²) in [5.74, 6) is 0.0630. The van der Waals surface area contributed by atoms with Crippen molar-refractivity contribution in [2.45, 2.75) is 26.3 Å². The minimum absolute atomic E-state index is 0.0630. The summed E-state index contributed by atoms with van der Waals surface area (Å²) < 4.78 is 0. The highest BCUT2D eigenvalue weighted by Crippen LogP contribution is 2.26. The van der Waals surface area contributed by atoms with Crippen LogP contribution < -0.4 is 0 Å². The van der Waals surface area contributed by atoms with Crippen molar-refractivity contribution in [3.05, 3.63) is 33.8 Å². The van der Waals surface area contributed by atoms with Crippen molar-refractivity contribution in [2.75, 3.05) is 32.7 Å². The van der Waals surface area contributed by atoms with Crippen molar-refractivity contribution in [1.82, 2.24) is 9.80 Å². The van der Waals surface area contributed by atoms with Gasteiger partial charge in [-0.3, -0.25) is 9.69 Å². The molecular formula is C16H22Cl2N2O. The number of piperazine rings is 1. The molecule has 1 fully saturated rings. The van der Waals surface area contributed by atoms with E-state index in [-0.39, 0.29) is 5.78 Å². The number of rotatable bonds is 5. The van der Waals surface area contributed by atoms with E-state index in [1.54, 1.807) is 18.2 Å². The Labute approximate surface area is 136 Å². The molecule has 0 amide bonds. The second-order valence-corrected chi connectivity index (χ2v) is 6.34. The lowest BCUT2D eigenvalue weighted by Gasteiger charge is -2.39. The fourth-order valence-electron chi connectivity index (χ4n) is 2.86. The summed E-state index contributed by atoms with van der Waals surface area (Å²) in [7, 11) is 0. The molecule has 5 heteroatoms. The first kappa shape index (κ1) is 16.8. The zero-order valence-electron chi connectivity index (χ0n) is 12.6. The summed E-state index contributed by atoms with van der Waals surface area (Å²) in [4.78, 5) is 17.1. The van der Waals surface area contributed by atoms with Gasteiger partial charge in [0.1, 0.15) is 0 Å². The number of likely N-dealkylation sites (N-methyl/N-ethyl adjacent to an activating group) is 1. The first-order chi connectivity index (χ1) is 10.0. The molecule has 116 valence electrons. The fraction of sp³-hybridized carbons (Fsp3) is 0.562. The molecule has 0 saturated carbocycles. The van der Waals surface area contributed by atoms with Gasteiger partial charge in [-0.2, -0.15) is 0 Å². The second-order valence-electron chi connectivity index (χ2n) is 5.55. The molecule has 1 aromatic carbocycles. The van der Waals surface area contributed by atoms with Gasteiger partial charge in [0.25, 0.3) is 0 Å². The zero-order valence-corrected chi connectivity index (χ0v) is 14.1. The van der Waals surface area contributed by atoms with Crippen LogP contribution in [0.1, 0.15) is 30.6 Å². The maximum Gasteiger partial charge on any atom is 0.165 e. The SMILES string of the molecule is CCN1CCN(CCC(=O)c2cccc(Cl)c2Cl)CC1C. The van der Waals surface area contributed by atoms with Crippen LogP contribution >= 0.6 is 23.2 Å². The van der Waals surface area contributed by atoms with Gasteiger partial charge in [-0.25, -0.2) is 0 Å². The van der Waals surface area contributed by atoms with E-state index in [0.29, 0.717) is 28.1 Å². The van der Waals surface area contributed by atoms with Crippen molar-refractivity contribution in [1.29, 1.82) is 0 Å². The molecule has 0 aliphatic carbocycles.